The third kappa shape index (κ3) is 8.49. The molecule has 1 aromatic heterocycles. The van der Waals surface area contributed by atoms with Gasteiger partial charge >= 0.3 is 6.09 Å². The Hall–Kier alpha value is -3.99. The Balaban J connectivity index is 1.29. The number of carbonyl (C=O) groups is 2. The number of benzene rings is 2. The van der Waals surface area contributed by atoms with Gasteiger partial charge in [-0.05, 0) is 90.1 Å². The van der Waals surface area contributed by atoms with Crippen LogP contribution in [0.5, 0.6) is 0 Å². The lowest BCUT2D eigenvalue weighted by Gasteiger charge is -2.35. The fraction of sp³-hybridized carbons (Fsp3) is 0.528. The van der Waals surface area contributed by atoms with E-state index in [1.165, 1.54) is 12.1 Å². The summed E-state index contributed by atoms with van der Waals surface area (Å²) in [6, 6.07) is 9.99. The number of likely N-dealkylation sites (tertiary alicyclic amines) is 1. The Kier molecular flexibility index (Phi) is 9.96. The van der Waals surface area contributed by atoms with Crippen molar-refractivity contribution in [2.45, 2.75) is 91.0 Å². The number of nitrogens with one attached hydrogen (secondary N) is 2. The average molecular weight is 651 g/mol. The average Bonchev–Trinajstić information content (AvgIpc) is 3.61. The Morgan fingerprint density at radius 1 is 1.00 bits per heavy atom. The van der Waals surface area contributed by atoms with Crippen molar-refractivity contribution >= 4 is 23.6 Å². The fourth-order valence-corrected chi connectivity index (χ4v) is 6.52. The van der Waals surface area contributed by atoms with Crippen LogP contribution in [-0.4, -0.2) is 69.8 Å². The summed E-state index contributed by atoms with van der Waals surface area (Å²) < 4.78 is 36.1. The minimum Gasteiger partial charge on any atom is -0.444 e. The van der Waals surface area contributed by atoms with E-state index in [1.807, 2.05) is 31.5 Å². The molecule has 254 valence electrons. The molecule has 3 heterocycles. The van der Waals surface area contributed by atoms with Gasteiger partial charge < -0.3 is 19.5 Å². The van der Waals surface area contributed by atoms with E-state index in [9.17, 15) is 18.4 Å². The number of hydrogen-bond acceptors (Lipinski definition) is 6. The fourth-order valence-electron chi connectivity index (χ4n) is 6.52. The highest BCUT2D eigenvalue weighted by molar-refractivity contribution is 5.92. The molecule has 2 aromatic carbocycles. The Morgan fingerprint density at radius 2 is 1.72 bits per heavy atom. The van der Waals surface area contributed by atoms with Crippen LogP contribution in [0.1, 0.15) is 77.0 Å². The zero-order valence-corrected chi connectivity index (χ0v) is 28.6. The molecule has 2 N–H and O–H groups in total. The molecule has 5 rings (SSSR count). The second kappa shape index (κ2) is 13.6. The molecule has 0 radical (unpaired) electrons. The van der Waals surface area contributed by atoms with Crippen molar-refractivity contribution < 1.29 is 23.1 Å². The van der Waals surface area contributed by atoms with Gasteiger partial charge in [0.15, 0.2) is 0 Å². The van der Waals surface area contributed by atoms with E-state index in [-0.39, 0.29) is 23.6 Å². The molecule has 47 heavy (non-hydrogen) atoms. The lowest BCUT2D eigenvalue weighted by Crippen LogP contribution is -2.46. The van der Waals surface area contributed by atoms with Gasteiger partial charge in [0.05, 0.1) is 12.5 Å². The van der Waals surface area contributed by atoms with Crippen LogP contribution >= 0.6 is 0 Å². The van der Waals surface area contributed by atoms with Crippen LogP contribution in [0.4, 0.5) is 25.2 Å². The van der Waals surface area contributed by atoms with Crippen molar-refractivity contribution in [2.75, 3.05) is 36.4 Å². The molecule has 0 bridgehead atoms. The third-order valence-corrected chi connectivity index (χ3v) is 9.06. The summed E-state index contributed by atoms with van der Waals surface area (Å²) in [5.74, 6) is -2.10. The van der Waals surface area contributed by atoms with Gasteiger partial charge in [0.2, 0.25) is 11.9 Å². The van der Waals surface area contributed by atoms with Crippen LogP contribution in [0.25, 0.3) is 0 Å². The lowest BCUT2D eigenvalue weighted by molar-refractivity contribution is -0.120. The van der Waals surface area contributed by atoms with E-state index in [2.05, 4.69) is 71.3 Å². The van der Waals surface area contributed by atoms with Crippen molar-refractivity contribution in [2.24, 2.45) is 5.92 Å². The molecule has 11 heteroatoms. The second-order valence-electron chi connectivity index (χ2n) is 14.9. The number of anilines is 2. The van der Waals surface area contributed by atoms with E-state index in [4.69, 9.17) is 4.74 Å². The summed E-state index contributed by atoms with van der Waals surface area (Å²) in [6.07, 6.45) is 4.69. The second-order valence-corrected chi connectivity index (χ2v) is 14.9. The number of alkyl carbamates (subject to hydrolysis) is 1. The SMILES string of the molecule is Cc1ccc(Cn2ccnc2NC(=O)C2CN(C(C)(C)C)C[C@H]2c2ccc(F)cc2F)c(N2CCC(NC(=O)OC(C)(C)C)CC2)c1. The van der Waals surface area contributed by atoms with E-state index in [0.717, 1.165) is 48.8 Å². The first-order valence-corrected chi connectivity index (χ1v) is 16.4. The maximum atomic E-state index is 15.0. The topological polar surface area (TPSA) is 91.7 Å². The molecular formula is C36H48F2N6O3. The van der Waals surface area contributed by atoms with Gasteiger partial charge in [-0.25, -0.2) is 18.6 Å². The molecule has 2 atom stereocenters. The summed E-state index contributed by atoms with van der Waals surface area (Å²) in [5, 5.41) is 6.04. The molecule has 9 nitrogen and oxygen atoms in total. The quantitative estimate of drug-likeness (QED) is 0.305. The van der Waals surface area contributed by atoms with Gasteiger partial charge in [-0.1, -0.05) is 18.2 Å². The highest BCUT2D eigenvalue weighted by Crippen LogP contribution is 2.38. The molecule has 2 fully saturated rings. The van der Waals surface area contributed by atoms with Crippen LogP contribution in [-0.2, 0) is 16.1 Å². The molecule has 2 aliphatic heterocycles. The number of nitrogens with zero attached hydrogens (tertiary/aromatic N) is 4. The number of aryl methyl sites for hydroxylation is 1. The molecule has 2 amide bonds. The van der Waals surface area contributed by atoms with Crippen molar-refractivity contribution in [3.63, 3.8) is 0 Å². The van der Waals surface area contributed by atoms with Crippen molar-refractivity contribution in [1.29, 1.82) is 0 Å². The van der Waals surface area contributed by atoms with Crippen molar-refractivity contribution in [3.8, 4) is 0 Å². The Bertz CT molecular complexity index is 1590. The van der Waals surface area contributed by atoms with Crippen LogP contribution < -0.4 is 15.5 Å². The molecule has 0 saturated carbocycles. The lowest BCUT2D eigenvalue weighted by atomic mass is 9.88. The number of carbonyl (C=O) groups excluding carboxylic acids is 2. The maximum Gasteiger partial charge on any atom is 0.407 e. The largest absolute Gasteiger partial charge is 0.444 e. The number of rotatable bonds is 7. The Labute approximate surface area is 276 Å². The molecule has 2 aliphatic rings. The van der Waals surface area contributed by atoms with Gasteiger partial charge in [-0.3, -0.25) is 15.0 Å². The summed E-state index contributed by atoms with van der Waals surface area (Å²) in [5.41, 5.74) is 2.89. The predicted octanol–water partition coefficient (Wildman–Crippen LogP) is 6.46. The third-order valence-electron chi connectivity index (χ3n) is 9.06. The van der Waals surface area contributed by atoms with E-state index < -0.39 is 29.1 Å². The highest BCUT2D eigenvalue weighted by atomic mass is 19.1. The number of aromatic nitrogens is 2. The Morgan fingerprint density at radius 3 is 2.38 bits per heavy atom. The van der Waals surface area contributed by atoms with Crippen LogP contribution in [0.3, 0.4) is 0 Å². The standard InChI is InChI=1S/C36H48F2N6O3/c1-23-8-9-24(31(18-23)42-15-12-26(13-16-42)40-34(46)47-36(5,6)7)20-43-17-14-39-33(43)41-32(45)29-22-44(35(2,3)4)21-28(29)27-11-10-25(37)19-30(27)38/h8-11,14,17-19,26,28-29H,12-13,15-16,20-22H2,1-7H3,(H,40,46)(H,39,41,45)/t28-,29?/m0/s1. The smallest absolute Gasteiger partial charge is 0.407 e. The van der Waals surface area contributed by atoms with Crippen molar-refractivity contribution in [3.05, 3.63) is 77.1 Å². The zero-order valence-electron chi connectivity index (χ0n) is 28.6. The molecule has 1 unspecified atom stereocenters. The van der Waals surface area contributed by atoms with Crippen LogP contribution in [0.15, 0.2) is 48.8 Å². The summed E-state index contributed by atoms with van der Waals surface area (Å²) in [4.78, 5) is 35.1. The minimum absolute atomic E-state index is 0.0434. The zero-order chi connectivity index (χ0) is 34.1. The number of imidazole rings is 1. The van der Waals surface area contributed by atoms with Gasteiger partial charge in [0, 0.05) is 67.8 Å². The van der Waals surface area contributed by atoms with Gasteiger partial charge in [-0.15, -0.1) is 0 Å². The summed E-state index contributed by atoms with van der Waals surface area (Å²) in [6.45, 7) is 16.8. The van der Waals surface area contributed by atoms with Gasteiger partial charge in [0.25, 0.3) is 0 Å². The maximum absolute atomic E-state index is 15.0. The normalized spacial score (nSPS) is 19.6. The predicted molar refractivity (Wildman–Crippen MR) is 180 cm³/mol. The minimum atomic E-state index is -0.641. The number of ether oxygens (including phenoxy) is 1. The number of piperidine rings is 1. The number of halogens is 2. The molecule has 3 aromatic rings. The summed E-state index contributed by atoms with van der Waals surface area (Å²) >= 11 is 0. The monoisotopic (exact) mass is 650 g/mol. The molecule has 0 spiro atoms. The molecule has 2 saturated heterocycles. The van der Waals surface area contributed by atoms with Crippen molar-refractivity contribution in [1.82, 2.24) is 19.8 Å². The van der Waals surface area contributed by atoms with Gasteiger partial charge in [-0.2, -0.15) is 0 Å². The first-order valence-electron chi connectivity index (χ1n) is 16.4. The summed E-state index contributed by atoms with van der Waals surface area (Å²) in [7, 11) is 0. The number of hydrogen-bond donors (Lipinski definition) is 2. The number of amides is 2. The first kappa shape index (κ1) is 34.3. The van der Waals surface area contributed by atoms with Crippen LogP contribution in [0.2, 0.25) is 0 Å². The first-order chi connectivity index (χ1) is 22.1. The van der Waals surface area contributed by atoms with Crippen LogP contribution in [0, 0.1) is 24.5 Å². The highest BCUT2D eigenvalue weighted by Gasteiger charge is 2.43. The molecular weight excluding hydrogens is 602 g/mol. The van der Waals surface area contributed by atoms with E-state index in [1.54, 1.807) is 6.20 Å². The van der Waals surface area contributed by atoms with E-state index >= 15 is 0 Å². The van der Waals surface area contributed by atoms with Gasteiger partial charge in [0.1, 0.15) is 17.2 Å². The van der Waals surface area contributed by atoms with E-state index in [0.29, 0.717) is 31.1 Å². The molecule has 0 aliphatic carbocycles.